The Bertz CT molecular complexity index is 1190. The first-order valence-corrected chi connectivity index (χ1v) is 11.9. The molecule has 0 radical (unpaired) electrons. The van der Waals surface area contributed by atoms with Crippen molar-refractivity contribution in [3.63, 3.8) is 0 Å². The normalized spacial score (nSPS) is 35.7. The van der Waals surface area contributed by atoms with Gasteiger partial charge in [0.15, 0.2) is 6.29 Å². The fourth-order valence-electron chi connectivity index (χ4n) is 4.57. The summed E-state index contributed by atoms with van der Waals surface area (Å²) in [7, 11) is 0. The number of nitrogens with one attached hydrogen (secondary N) is 1. The first-order chi connectivity index (χ1) is 18.0. The number of aliphatic hydroxyl groups excluding tert-OH is 6. The second-order valence-electron chi connectivity index (χ2n) is 9.26. The number of fused-ring (bicyclic) bond motifs is 1. The molecule has 14 nitrogen and oxygen atoms in total. The van der Waals surface area contributed by atoms with Crippen LogP contribution in [0.3, 0.4) is 0 Å². The molecule has 2 aromatic rings. The molecule has 3 heterocycles. The quantitative estimate of drug-likeness (QED) is 0.177. The van der Waals surface area contributed by atoms with Crippen molar-refractivity contribution in [2.24, 2.45) is 0 Å². The number of aryl methyl sites for hydroxylation is 1. The van der Waals surface area contributed by atoms with Crippen LogP contribution in [0, 0.1) is 6.92 Å². The van der Waals surface area contributed by atoms with E-state index in [-0.39, 0.29) is 11.3 Å². The molecule has 0 aliphatic carbocycles. The van der Waals surface area contributed by atoms with Gasteiger partial charge < -0.3 is 59.3 Å². The van der Waals surface area contributed by atoms with Crippen molar-refractivity contribution >= 4 is 16.9 Å². The van der Waals surface area contributed by atoms with Crippen molar-refractivity contribution in [3.05, 3.63) is 40.2 Å². The lowest BCUT2D eigenvalue weighted by Gasteiger charge is -2.47. The van der Waals surface area contributed by atoms with Crippen molar-refractivity contribution in [3.8, 4) is 5.75 Å². The minimum absolute atomic E-state index is 0.159. The Kier molecular flexibility index (Phi) is 8.66. The fraction of sp³-hybridized carbons (Fsp3) is 0.583. The van der Waals surface area contributed by atoms with Gasteiger partial charge in [-0.15, -0.1) is 0 Å². The molecule has 10 atom stereocenters. The van der Waals surface area contributed by atoms with E-state index in [1.54, 1.807) is 19.1 Å². The minimum Gasteiger partial charge on any atom is -0.462 e. The molecule has 4 rings (SSSR count). The maximum Gasteiger partial charge on any atom is 0.336 e. The standard InChI is InChI=1S/C24H31NO13/c1-9-5-16(29)35-13-6-11(3-4-12(9)13)34-23-17(25-10(2)28)22(19(31)15(8-27)36-23)38-24-21(33)20(32)18(30)14(7-26)37-24/h3-6,14-15,17-24,26-27,30-33H,7-8H2,1-2H3,(H,25,28)/t14-,15-,17-,18+,19+,20+,21-,22-,23+,24+/m1/s1. The number of ether oxygens (including phenoxy) is 4. The van der Waals surface area contributed by atoms with Crippen molar-refractivity contribution in [1.29, 1.82) is 0 Å². The number of hydrogen-bond acceptors (Lipinski definition) is 13. The summed E-state index contributed by atoms with van der Waals surface area (Å²) >= 11 is 0. The molecule has 0 unspecified atom stereocenters. The zero-order chi connectivity index (χ0) is 27.7. The lowest BCUT2D eigenvalue weighted by molar-refractivity contribution is -0.339. The largest absolute Gasteiger partial charge is 0.462 e. The summed E-state index contributed by atoms with van der Waals surface area (Å²) in [5, 5.41) is 64.0. The predicted molar refractivity (Wildman–Crippen MR) is 126 cm³/mol. The van der Waals surface area contributed by atoms with Crippen LogP contribution in [0.2, 0.25) is 0 Å². The van der Waals surface area contributed by atoms with Crippen molar-refractivity contribution in [2.75, 3.05) is 13.2 Å². The molecule has 0 saturated carbocycles. The monoisotopic (exact) mass is 541 g/mol. The van der Waals surface area contributed by atoms with Crippen molar-refractivity contribution in [2.45, 2.75) is 75.2 Å². The summed E-state index contributed by atoms with van der Waals surface area (Å²) in [6, 6.07) is 4.74. The van der Waals surface area contributed by atoms with Crippen molar-refractivity contribution in [1.82, 2.24) is 5.32 Å². The average Bonchev–Trinajstić information content (AvgIpc) is 2.87. The van der Waals surface area contributed by atoms with E-state index in [4.69, 9.17) is 23.4 Å². The van der Waals surface area contributed by atoms with Gasteiger partial charge in [0.25, 0.3) is 0 Å². The van der Waals surface area contributed by atoms with Gasteiger partial charge in [-0.3, -0.25) is 4.79 Å². The van der Waals surface area contributed by atoms with Gasteiger partial charge in [0.1, 0.15) is 60.1 Å². The Hall–Kier alpha value is -2.66. The minimum atomic E-state index is -1.79. The van der Waals surface area contributed by atoms with E-state index >= 15 is 0 Å². The van der Waals surface area contributed by atoms with Gasteiger partial charge in [-0.25, -0.2) is 4.79 Å². The second kappa shape index (κ2) is 11.6. The molecular formula is C24H31NO13. The number of hydrogen-bond donors (Lipinski definition) is 7. The highest BCUT2D eigenvalue weighted by molar-refractivity contribution is 5.81. The van der Waals surface area contributed by atoms with Gasteiger partial charge in [0, 0.05) is 24.4 Å². The molecule has 7 N–H and O–H groups in total. The summed E-state index contributed by atoms with van der Waals surface area (Å²) in [6.45, 7) is 1.54. The fourth-order valence-corrected chi connectivity index (χ4v) is 4.57. The molecular weight excluding hydrogens is 510 g/mol. The highest BCUT2D eigenvalue weighted by Crippen LogP contribution is 2.31. The Morgan fingerprint density at radius 1 is 0.947 bits per heavy atom. The van der Waals surface area contributed by atoms with Crippen LogP contribution in [0.15, 0.2) is 33.5 Å². The molecule has 2 fully saturated rings. The van der Waals surface area contributed by atoms with Gasteiger partial charge in [0.2, 0.25) is 12.2 Å². The molecule has 38 heavy (non-hydrogen) atoms. The molecule has 1 aromatic heterocycles. The van der Waals surface area contributed by atoms with Crippen LogP contribution in [0.1, 0.15) is 12.5 Å². The number of carbonyl (C=O) groups is 1. The topological polar surface area (TPSA) is 218 Å². The van der Waals surface area contributed by atoms with Crippen LogP contribution in [-0.4, -0.2) is 111 Å². The Morgan fingerprint density at radius 2 is 1.61 bits per heavy atom. The first kappa shape index (κ1) is 28.4. The van der Waals surface area contributed by atoms with Gasteiger partial charge in [-0.2, -0.15) is 0 Å². The third-order valence-electron chi connectivity index (χ3n) is 6.54. The van der Waals surface area contributed by atoms with E-state index in [9.17, 15) is 40.2 Å². The highest BCUT2D eigenvalue weighted by Gasteiger charge is 2.52. The summed E-state index contributed by atoms with van der Waals surface area (Å²) < 4.78 is 28.0. The molecule has 1 aromatic carbocycles. The van der Waals surface area contributed by atoms with Crippen LogP contribution >= 0.6 is 0 Å². The molecule has 14 heteroatoms. The van der Waals surface area contributed by atoms with E-state index in [0.717, 1.165) is 0 Å². The van der Waals surface area contributed by atoms with Crippen LogP contribution in [0.5, 0.6) is 5.75 Å². The lowest BCUT2D eigenvalue weighted by atomic mass is 9.95. The van der Waals surface area contributed by atoms with Gasteiger partial charge in [-0.1, -0.05) is 0 Å². The third kappa shape index (κ3) is 5.68. The number of aliphatic hydroxyl groups is 6. The predicted octanol–water partition coefficient (Wildman–Crippen LogP) is -2.75. The molecule has 2 aliphatic rings. The highest BCUT2D eigenvalue weighted by atomic mass is 16.7. The number of rotatable bonds is 7. The second-order valence-corrected chi connectivity index (χ2v) is 9.26. The summed E-state index contributed by atoms with van der Waals surface area (Å²) in [5.74, 6) is -0.407. The molecule has 210 valence electrons. The maximum atomic E-state index is 12.1. The summed E-state index contributed by atoms with van der Waals surface area (Å²) in [5.41, 5.74) is 0.352. The van der Waals surface area contributed by atoms with Crippen LogP contribution in [0.4, 0.5) is 0 Å². The lowest BCUT2D eigenvalue weighted by Crippen LogP contribution is -2.68. The number of amides is 1. The van der Waals surface area contributed by atoms with E-state index in [1.165, 1.54) is 19.1 Å². The van der Waals surface area contributed by atoms with E-state index in [0.29, 0.717) is 10.9 Å². The molecule has 0 spiro atoms. The van der Waals surface area contributed by atoms with Gasteiger partial charge in [0.05, 0.1) is 13.2 Å². The van der Waals surface area contributed by atoms with E-state index in [2.05, 4.69) is 5.32 Å². The zero-order valence-electron chi connectivity index (χ0n) is 20.5. The molecule has 1 amide bonds. The van der Waals surface area contributed by atoms with Crippen LogP contribution in [0.25, 0.3) is 11.0 Å². The Labute approximate surface area is 215 Å². The SMILES string of the molecule is CC(=O)N[C@H]1[C@@H](Oc2ccc3c(C)cc(=O)oc3c2)O[C@H](CO)[C@H](O)[C@@H]1O[C@@H]1O[C@H](CO)[C@H](O)[C@H](O)[C@H]1O. The smallest absolute Gasteiger partial charge is 0.336 e. The Balaban J connectivity index is 1.65. The molecule has 2 saturated heterocycles. The summed E-state index contributed by atoms with van der Waals surface area (Å²) in [6.07, 6.45) is -13.8. The molecule has 2 aliphatic heterocycles. The molecule has 0 bridgehead atoms. The number of carbonyl (C=O) groups excluding carboxylic acids is 1. The van der Waals surface area contributed by atoms with Crippen LogP contribution < -0.4 is 15.7 Å². The zero-order valence-corrected chi connectivity index (χ0v) is 20.5. The van der Waals surface area contributed by atoms with Gasteiger partial charge in [-0.05, 0) is 24.6 Å². The number of benzene rings is 1. The summed E-state index contributed by atoms with van der Waals surface area (Å²) in [4.78, 5) is 23.9. The van der Waals surface area contributed by atoms with E-state index < -0.39 is 86.1 Å². The average molecular weight is 542 g/mol. The van der Waals surface area contributed by atoms with Crippen molar-refractivity contribution < 1.29 is 58.8 Å². The Morgan fingerprint density at radius 3 is 2.26 bits per heavy atom. The van der Waals surface area contributed by atoms with Gasteiger partial charge >= 0.3 is 5.63 Å². The third-order valence-corrected chi connectivity index (χ3v) is 6.54. The van der Waals surface area contributed by atoms with E-state index in [1.807, 2.05) is 0 Å². The first-order valence-electron chi connectivity index (χ1n) is 11.9. The maximum absolute atomic E-state index is 12.1. The van der Waals surface area contributed by atoms with Crippen LogP contribution in [-0.2, 0) is 19.0 Å².